The van der Waals surface area contributed by atoms with E-state index in [1.54, 1.807) is 11.8 Å². The third-order valence-electron chi connectivity index (χ3n) is 6.26. The molecule has 2 amide bonds. The number of carbonyl (C=O) groups is 2. The Morgan fingerprint density at radius 2 is 1.88 bits per heavy atom. The molecule has 0 bridgehead atoms. The van der Waals surface area contributed by atoms with Gasteiger partial charge < -0.3 is 20.3 Å². The molecule has 2 N–H and O–H groups in total. The summed E-state index contributed by atoms with van der Waals surface area (Å²) in [7, 11) is 0. The van der Waals surface area contributed by atoms with Crippen molar-refractivity contribution in [3.05, 3.63) is 47.2 Å². The standard InChI is InChI=1S/C23H28F3N5O3/c1-3-34-22(33)30-10-8-16(9-11-30)27-21(32)18-13-20-28-17(15-6-4-14(2)5-7-15)12-19(23(24,25)26)31(20)29-18/h4-7,13,16-17,19,28H,3,8-12H2,1-2H3,(H,27,32)/t17-,19-/m0/s1. The summed E-state index contributed by atoms with van der Waals surface area (Å²) in [5.74, 6) is -0.382. The normalized spacial score (nSPS) is 20.9. The molecule has 1 fully saturated rings. The van der Waals surface area contributed by atoms with Crippen LogP contribution in [0.1, 0.15) is 59.9 Å². The van der Waals surface area contributed by atoms with Crippen molar-refractivity contribution in [3.63, 3.8) is 0 Å². The molecule has 1 saturated heterocycles. The van der Waals surface area contributed by atoms with E-state index in [-0.39, 0.29) is 36.7 Å². The van der Waals surface area contributed by atoms with Gasteiger partial charge in [-0.05, 0) is 32.3 Å². The van der Waals surface area contributed by atoms with Gasteiger partial charge in [0, 0.05) is 31.6 Å². The second-order valence-electron chi connectivity index (χ2n) is 8.69. The highest BCUT2D eigenvalue weighted by Gasteiger charge is 2.46. The van der Waals surface area contributed by atoms with Crippen molar-refractivity contribution in [1.82, 2.24) is 20.0 Å². The number of hydrogen-bond donors (Lipinski definition) is 2. The molecule has 2 aromatic rings. The zero-order valence-electron chi connectivity index (χ0n) is 19.1. The zero-order chi connectivity index (χ0) is 24.5. The van der Waals surface area contributed by atoms with Crippen molar-refractivity contribution >= 4 is 17.8 Å². The van der Waals surface area contributed by atoms with E-state index in [9.17, 15) is 22.8 Å². The number of anilines is 1. The molecule has 3 heterocycles. The fourth-order valence-electron chi connectivity index (χ4n) is 4.38. The van der Waals surface area contributed by atoms with Gasteiger partial charge >= 0.3 is 12.3 Å². The van der Waals surface area contributed by atoms with Crippen molar-refractivity contribution in [2.24, 2.45) is 0 Å². The zero-order valence-corrected chi connectivity index (χ0v) is 19.1. The van der Waals surface area contributed by atoms with E-state index in [4.69, 9.17) is 4.74 Å². The summed E-state index contributed by atoms with van der Waals surface area (Å²) in [5, 5.41) is 9.95. The van der Waals surface area contributed by atoms with Crippen LogP contribution in [-0.2, 0) is 4.74 Å². The van der Waals surface area contributed by atoms with E-state index < -0.39 is 24.2 Å². The minimum Gasteiger partial charge on any atom is -0.450 e. The third-order valence-corrected chi connectivity index (χ3v) is 6.26. The Labute approximate surface area is 195 Å². The first-order chi connectivity index (χ1) is 16.2. The van der Waals surface area contributed by atoms with Crippen molar-refractivity contribution in [1.29, 1.82) is 0 Å². The van der Waals surface area contributed by atoms with Crippen LogP contribution in [0, 0.1) is 6.92 Å². The first-order valence-electron chi connectivity index (χ1n) is 11.4. The number of carbonyl (C=O) groups excluding carboxylic acids is 2. The van der Waals surface area contributed by atoms with Crippen LogP contribution in [-0.4, -0.2) is 58.6 Å². The molecule has 2 aliphatic rings. The first-order valence-corrected chi connectivity index (χ1v) is 11.4. The smallest absolute Gasteiger partial charge is 0.410 e. The predicted octanol–water partition coefficient (Wildman–Crippen LogP) is 4.20. The number of alkyl halides is 3. The SMILES string of the molecule is CCOC(=O)N1CCC(NC(=O)c2cc3n(n2)[C@H](C(F)(F)F)C[C@@H](c2ccc(C)cc2)N3)CC1. The van der Waals surface area contributed by atoms with Gasteiger partial charge in [-0.25, -0.2) is 9.48 Å². The van der Waals surface area contributed by atoms with Gasteiger partial charge in [-0.1, -0.05) is 29.8 Å². The van der Waals surface area contributed by atoms with E-state index in [1.807, 2.05) is 31.2 Å². The molecule has 2 atom stereocenters. The van der Waals surface area contributed by atoms with Crippen molar-refractivity contribution < 1.29 is 27.5 Å². The number of amides is 2. The lowest BCUT2D eigenvalue weighted by molar-refractivity contribution is -0.173. The van der Waals surface area contributed by atoms with E-state index >= 15 is 0 Å². The Balaban J connectivity index is 1.47. The van der Waals surface area contributed by atoms with Gasteiger partial charge in [-0.15, -0.1) is 0 Å². The molecule has 0 radical (unpaired) electrons. The average Bonchev–Trinajstić information content (AvgIpc) is 3.23. The topological polar surface area (TPSA) is 88.5 Å². The van der Waals surface area contributed by atoms with Crippen LogP contribution in [0.2, 0.25) is 0 Å². The molecule has 1 aromatic carbocycles. The van der Waals surface area contributed by atoms with Crippen LogP contribution >= 0.6 is 0 Å². The number of aromatic nitrogens is 2. The minimum atomic E-state index is -4.51. The molecule has 0 spiro atoms. The fraction of sp³-hybridized carbons (Fsp3) is 0.522. The molecule has 0 unspecified atom stereocenters. The number of aryl methyl sites for hydroxylation is 1. The number of piperidine rings is 1. The molecule has 0 saturated carbocycles. The number of benzene rings is 1. The minimum absolute atomic E-state index is 0.0749. The summed E-state index contributed by atoms with van der Waals surface area (Å²) < 4.78 is 47.5. The summed E-state index contributed by atoms with van der Waals surface area (Å²) in [6.07, 6.45) is -4.08. The number of rotatable bonds is 4. The largest absolute Gasteiger partial charge is 0.450 e. The highest BCUT2D eigenvalue weighted by atomic mass is 19.4. The van der Waals surface area contributed by atoms with Gasteiger partial charge in [0.25, 0.3) is 5.91 Å². The molecule has 1 aromatic heterocycles. The predicted molar refractivity (Wildman–Crippen MR) is 119 cm³/mol. The van der Waals surface area contributed by atoms with Crippen LogP contribution in [0.15, 0.2) is 30.3 Å². The Hall–Kier alpha value is -3.24. The second-order valence-corrected chi connectivity index (χ2v) is 8.69. The van der Waals surface area contributed by atoms with E-state index in [2.05, 4.69) is 15.7 Å². The van der Waals surface area contributed by atoms with Crippen LogP contribution in [0.25, 0.3) is 0 Å². The summed E-state index contributed by atoms with van der Waals surface area (Å²) in [6, 6.07) is 6.09. The third kappa shape index (κ3) is 5.13. The van der Waals surface area contributed by atoms with Crippen molar-refractivity contribution in [3.8, 4) is 0 Å². The highest BCUT2D eigenvalue weighted by Crippen LogP contribution is 2.43. The Kier molecular flexibility index (Phi) is 6.72. The van der Waals surface area contributed by atoms with Crippen molar-refractivity contribution in [2.75, 3.05) is 25.0 Å². The maximum atomic E-state index is 13.9. The quantitative estimate of drug-likeness (QED) is 0.686. The lowest BCUT2D eigenvalue weighted by Crippen LogP contribution is -2.46. The van der Waals surface area contributed by atoms with Gasteiger partial charge in [-0.2, -0.15) is 18.3 Å². The summed E-state index contributed by atoms with van der Waals surface area (Å²) >= 11 is 0. The van der Waals surface area contributed by atoms with Crippen LogP contribution in [0.3, 0.4) is 0 Å². The molecular formula is C23H28F3N5O3. The number of nitrogens with zero attached hydrogens (tertiary/aromatic N) is 3. The Morgan fingerprint density at radius 3 is 2.50 bits per heavy atom. The maximum absolute atomic E-state index is 13.9. The van der Waals surface area contributed by atoms with Crippen LogP contribution < -0.4 is 10.6 Å². The van der Waals surface area contributed by atoms with Gasteiger partial charge in [0.2, 0.25) is 0 Å². The molecular weight excluding hydrogens is 451 g/mol. The van der Waals surface area contributed by atoms with Crippen molar-refractivity contribution in [2.45, 2.75) is 57.4 Å². The number of hydrogen-bond acceptors (Lipinski definition) is 5. The molecule has 8 nitrogen and oxygen atoms in total. The van der Waals surface area contributed by atoms with Gasteiger partial charge in [-0.3, -0.25) is 4.79 Å². The van der Waals surface area contributed by atoms with Gasteiger partial charge in [0.05, 0.1) is 12.6 Å². The molecule has 0 aliphatic carbocycles. The van der Waals surface area contributed by atoms with Crippen LogP contribution in [0.5, 0.6) is 0 Å². The molecule has 11 heteroatoms. The Morgan fingerprint density at radius 1 is 1.21 bits per heavy atom. The second kappa shape index (κ2) is 9.55. The number of halogens is 3. The number of nitrogens with one attached hydrogen (secondary N) is 2. The summed E-state index contributed by atoms with van der Waals surface area (Å²) in [4.78, 5) is 26.2. The maximum Gasteiger partial charge on any atom is 0.410 e. The highest BCUT2D eigenvalue weighted by molar-refractivity contribution is 5.93. The van der Waals surface area contributed by atoms with E-state index in [0.29, 0.717) is 25.9 Å². The van der Waals surface area contributed by atoms with Gasteiger partial charge in [0.1, 0.15) is 5.82 Å². The average molecular weight is 480 g/mol. The van der Waals surface area contributed by atoms with E-state index in [0.717, 1.165) is 15.8 Å². The number of likely N-dealkylation sites (tertiary alicyclic amines) is 1. The summed E-state index contributed by atoms with van der Waals surface area (Å²) in [5.41, 5.74) is 1.69. The lowest BCUT2D eigenvalue weighted by Gasteiger charge is -2.33. The molecule has 34 heavy (non-hydrogen) atoms. The monoisotopic (exact) mass is 479 g/mol. The molecule has 184 valence electrons. The molecule has 4 rings (SSSR count). The fourth-order valence-corrected chi connectivity index (χ4v) is 4.38. The Bertz CT molecular complexity index is 1030. The van der Waals surface area contributed by atoms with E-state index in [1.165, 1.54) is 6.07 Å². The molecule has 2 aliphatic heterocycles. The lowest BCUT2D eigenvalue weighted by atomic mass is 9.96. The first kappa shape index (κ1) is 23.9. The number of ether oxygens (including phenoxy) is 1. The number of fused-ring (bicyclic) bond motifs is 1. The van der Waals surface area contributed by atoms with Gasteiger partial charge in [0.15, 0.2) is 11.7 Å². The summed E-state index contributed by atoms with van der Waals surface area (Å²) in [6.45, 7) is 4.80. The van der Waals surface area contributed by atoms with Crippen LogP contribution in [0.4, 0.5) is 23.8 Å².